The van der Waals surface area contributed by atoms with Crippen LogP contribution in [0.2, 0.25) is 0 Å². The first-order valence-electron chi connectivity index (χ1n) is 11.8. The predicted molar refractivity (Wildman–Crippen MR) is 166 cm³/mol. The molecular formula is C31H19NS4. The van der Waals surface area contributed by atoms with Gasteiger partial charge in [0.25, 0.3) is 0 Å². The Hall–Kier alpha value is -3.22. The third kappa shape index (κ3) is 3.17. The Kier molecular flexibility index (Phi) is 4.44. The van der Waals surface area contributed by atoms with Crippen LogP contribution in [0.5, 0.6) is 0 Å². The van der Waals surface area contributed by atoms with Crippen molar-refractivity contribution in [1.82, 2.24) is 0 Å². The number of hydrogen-bond donors (Lipinski definition) is 1. The lowest BCUT2D eigenvalue weighted by Gasteiger charge is -2.03. The van der Waals surface area contributed by atoms with Gasteiger partial charge in [-0.05, 0) is 100 Å². The van der Waals surface area contributed by atoms with Crippen molar-refractivity contribution in [3.05, 3.63) is 89.8 Å². The summed E-state index contributed by atoms with van der Waals surface area (Å²) in [6, 6.07) is 31.7. The number of aryl methyl sites for hydroxylation is 1. The molecular weight excluding hydrogens is 515 g/mol. The van der Waals surface area contributed by atoms with Crippen molar-refractivity contribution < 1.29 is 0 Å². The number of rotatable bonds is 2. The van der Waals surface area contributed by atoms with Gasteiger partial charge in [0.05, 0.1) is 14.4 Å². The first-order valence-corrected chi connectivity index (χ1v) is 15.0. The van der Waals surface area contributed by atoms with Crippen LogP contribution in [0.3, 0.4) is 0 Å². The Morgan fingerprint density at radius 3 is 1.56 bits per heavy atom. The average Bonchev–Trinajstić information content (AvgIpc) is 3.65. The molecule has 0 fully saturated rings. The number of benzene rings is 4. The molecule has 0 bridgehead atoms. The van der Waals surface area contributed by atoms with Crippen molar-refractivity contribution in [2.24, 2.45) is 0 Å². The molecule has 8 aromatic rings. The van der Waals surface area contributed by atoms with Crippen LogP contribution in [0.1, 0.15) is 4.88 Å². The summed E-state index contributed by atoms with van der Waals surface area (Å²) in [4.78, 5) is 3.91. The molecule has 0 aliphatic carbocycles. The van der Waals surface area contributed by atoms with E-state index in [-0.39, 0.29) is 0 Å². The zero-order valence-electron chi connectivity index (χ0n) is 19.3. The maximum atomic E-state index is 5.97. The summed E-state index contributed by atoms with van der Waals surface area (Å²) in [6.07, 6.45) is 0. The first kappa shape index (κ1) is 20.9. The second-order valence-electron chi connectivity index (χ2n) is 9.30. The van der Waals surface area contributed by atoms with Crippen LogP contribution in [0, 0.1) is 6.92 Å². The molecule has 0 atom stereocenters. The molecule has 0 aliphatic heterocycles. The highest BCUT2D eigenvalue weighted by Gasteiger charge is 2.15. The highest BCUT2D eigenvalue weighted by atomic mass is 32.1. The van der Waals surface area contributed by atoms with Crippen molar-refractivity contribution in [2.75, 3.05) is 5.73 Å². The summed E-state index contributed by atoms with van der Waals surface area (Å²) >= 11 is 7.36. The van der Waals surface area contributed by atoms with E-state index in [9.17, 15) is 0 Å². The van der Waals surface area contributed by atoms with Crippen molar-refractivity contribution in [3.63, 3.8) is 0 Å². The standard InChI is InChI=1S/C31H19NS4/c1-16-2-7-25(33-16)19-5-3-17-12-23-27(14-21(17)10-19)35-31-24-13-18-4-6-20(26-8-9-29(32)34-26)11-22(18)15-28(24)36-30(23)31/h2-15H,32H2,1H3. The Morgan fingerprint density at radius 2 is 1.06 bits per heavy atom. The summed E-state index contributed by atoms with van der Waals surface area (Å²) in [5.74, 6) is 0. The molecule has 8 rings (SSSR count). The van der Waals surface area contributed by atoms with Crippen molar-refractivity contribution >= 4 is 101 Å². The number of thiophene rings is 4. The lowest BCUT2D eigenvalue weighted by Crippen LogP contribution is -1.76. The lowest BCUT2D eigenvalue weighted by atomic mass is 10.0. The smallest absolute Gasteiger partial charge is 0.0862 e. The van der Waals surface area contributed by atoms with Gasteiger partial charge >= 0.3 is 0 Å². The summed E-state index contributed by atoms with van der Waals surface area (Å²) in [5.41, 5.74) is 8.51. The molecule has 4 aromatic heterocycles. The summed E-state index contributed by atoms with van der Waals surface area (Å²) in [7, 11) is 0. The highest BCUT2D eigenvalue weighted by Crippen LogP contribution is 2.47. The van der Waals surface area contributed by atoms with E-state index in [1.807, 2.05) is 40.1 Å². The fourth-order valence-electron chi connectivity index (χ4n) is 5.15. The van der Waals surface area contributed by atoms with Crippen LogP contribution in [0.25, 0.3) is 72.0 Å². The van der Waals surface area contributed by atoms with E-state index >= 15 is 0 Å². The maximum absolute atomic E-state index is 5.97. The molecule has 4 aromatic carbocycles. The molecule has 1 nitrogen and oxygen atoms in total. The minimum atomic E-state index is 0.858. The second-order valence-corrected chi connectivity index (χ2v) is 13.8. The maximum Gasteiger partial charge on any atom is 0.0862 e. The van der Waals surface area contributed by atoms with Gasteiger partial charge in [-0.15, -0.1) is 45.3 Å². The Bertz CT molecular complexity index is 1980. The van der Waals surface area contributed by atoms with Gasteiger partial charge in [0.1, 0.15) is 0 Å². The van der Waals surface area contributed by atoms with Crippen LogP contribution >= 0.6 is 45.3 Å². The van der Waals surface area contributed by atoms with E-state index in [1.54, 1.807) is 11.3 Å². The lowest BCUT2D eigenvalue weighted by molar-refractivity contribution is 1.64. The van der Waals surface area contributed by atoms with Crippen LogP contribution in [-0.4, -0.2) is 0 Å². The third-order valence-electron chi connectivity index (χ3n) is 6.93. The number of hydrogen-bond acceptors (Lipinski definition) is 5. The molecule has 172 valence electrons. The minimum absolute atomic E-state index is 0.858. The zero-order chi connectivity index (χ0) is 24.0. The van der Waals surface area contributed by atoms with Gasteiger partial charge in [-0.2, -0.15) is 0 Å². The Balaban J connectivity index is 1.30. The average molecular weight is 534 g/mol. The number of nitrogens with two attached hydrogens (primary N) is 1. The van der Waals surface area contributed by atoms with E-state index < -0.39 is 0 Å². The minimum Gasteiger partial charge on any atom is -0.391 e. The summed E-state index contributed by atoms with van der Waals surface area (Å²) in [5, 5.41) is 8.80. The van der Waals surface area contributed by atoms with Gasteiger partial charge in [-0.1, -0.05) is 24.3 Å². The largest absolute Gasteiger partial charge is 0.391 e. The Morgan fingerprint density at radius 1 is 0.500 bits per heavy atom. The number of nitrogen functional groups attached to an aromatic ring is 1. The monoisotopic (exact) mass is 533 g/mol. The predicted octanol–water partition coefficient (Wildman–Crippen LogP) is 10.9. The molecule has 2 N–H and O–H groups in total. The molecule has 0 spiro atoms. The molecule has 0 amide bonds. The number of anilines is 1. The number of fused-ring (bicyclic) bond motifs is 7. The van der Waals surface area contributed by atoms with Crippen LogP contribution in [0.4, 0.5) is 5.00 Å². The Labute approximate surface area is 223 Å². The van der Waals surface area contributed by atoms with Crippen LogP contribution in [0.15, 0.2) is 84.9 Å². The van der Waals surface area contributed by atoms with Crippen molar-refractivity contribution in [3.8, 4) is 20.9 Å². The van der Waals surface area contributed by atoms with Crippen LogP contribution < -0.4 is 5.73 Å². The molecule has 36 heavy (non-hydrogen) atoms. The van der Waals surface area contributed by atoms with Crippen LogP contribution in [-0.2, 0) is 0 Å². The van der Waals surface area contributed by atoms with E-state index in [0.29, 0.717) is 0 Å². The van der Waals surface area contributed by atoms with E-state index in [2.05, 4.69) is 85.8 Å². The molecule has 0 saturated carbocycles. The SMILES string of the molecule is Cc1ccc(-c2ccc3cc4c(cc3c2)sc2c3cc5ccc(-c6ccc(N)s6)cc5cc3sc42)s1. The van der Waals surface area contributed by atoms with Gasteiger partial charge in [0, 0.05) is 34.8 Å². The summed E-state index contributed by atoms with van der Waals surface area (Å²) in [6.45, 7) is 2.17. The normalized spacial score (nSPS) is 12.1. The fraction of sp³-hybridized carbons (Fsp3) is 0.0323. The molecule has 4 heterocycles. The van der Waals surface area contributed by atoms with Gasteiger partial charge < -0.3 is 5.73 Å². The first-order chi connectivity index (χ1) is 17.6. The van der Waals surface area contributed by atoms with Gasteiger partial charge in [-0.25, -0.2) is 0 Å². The van der Waals surface area contributed by atoms with Crippen molar-refractivity contribution in [2.45, 2.75) is 6.92 Å². The zero-order valence-corrected chi connectivity index (χ0v) is 22.6. The molecule has 5 heteroatoms. The molecule has 0 radical (unpaired) electrons. The second kappa shape index (κ2) is 7.64. The molecule has 0 aliphatic rings. The van der Waals surface area contributed by atoms with Crippen molar-refractivity contribution in [1.29, 1.82) is 0 Å². The van der Waals surface area contributed by atoms with E-state index in [1.165, 1.54) is 76.9 Å². The fourth-order valence-corrected chi connectivity index (χ4v) is 9.48. The van der Waals surface area contributed by atoms with E-state index in [0.717, 1.165) is 5.00 Å². The van der Waals surface area contributed by atoms with Gasteiger partial charge in [0.15, 0.2) is 0 Å². The molecule has 0 saturated heterocycles. The van der Waals surface area contributed by atoms with Gasteiger partial charge in [0.2, 0.25) is 0 Å². The quantitative estimate of drug-likeness (QED) is 0.235. The highest BCUT2D eigenvalue weighted by molar-refractivity contribution is 7.36. The topological polar surface area (TPSA) is 26.0 Å². The van der Waals surface area contributed by atoms with E-state index in [4.69, 9.17) is 5.73 Å². The third-order valence-corrected chi connectivity index (χ3v) is 11.4. The van der Waals surface area contributed by atoms with Gasteiger partial charge in [-0.3, -0.25) is 0 Å². The summed E-state index contributed by atoms with van der Waals surface area (Å²) < 4.78 is 5.55. The molecule has 0 unspecified atom stereocenters.